The van der Waals surface area contributed by atoms with E-state index in [1.54, 1.807) is 24.3 Å². The maximum atomic E-state index is 11.7. The van der Waals surface area contributed by atoms with E-state index in [2.05, 4.69) is 0 Å². The summed E-state index contributed by atoms with van der Waals surface area (Å²) < 4.78 is 5.15. The van der Waals surface area contributed by atoms with Crippen LogP contribution in [0.2, 0.25) is 0 Å². The van der Waals surface area contributed by atoms with Gasteiger partial charge in [0.15, 0.2) is 0 Å². The molecule has 100 valence electrons. The van der Waals surface area contributed by atoms with Gasteiger partial charge in [-0.1, -0.05) is 32.9 Å². The zero-order valence-corrected chi connectivity index (χ0v) is 11.1. The van der Waals surface area contributed by atoms with E-state index in [9.17, 15) is 4.79 Å². The van der Waals surface area contributed by atoms with Crippen molar-refractivity contribution in [2.45, 2.75) is 33.2 Å². The molecule has 0 saturated heterocycles. The fourth-order valence-electron chi connectivity index (χ4n) is 1.36. The maximum Gasteiger partial charge on any atom is 0.323 e. The average Bonchev–Trinajstić information content (AvgIpc) is 2.28. The zero-order chi connectivity index (χ0) is 13.8. The van der Waals surface area contributed by atoms with Crippen LogP contribution < -0.4 is 5.73 Å². The van der Waals surface area contributed by atoms with Crippen molar-refractivity contribution >= 4 is 5.97 Å². The molecule has 0 aliphatic carbocycles. The van der Waals surface area contributed by atoms with E-state index in [0.29, 0.717) is 13.0 Å². The number of ether oxygens (including phenoxy) is 1. The molecular formula is C14H21NO3. The Hall–Kier alpha value is -1.55. The van der Waals surface area contributed by atoms with Crippen LogP contribution in [0, 0.1) is 5.41 Å². The predicted molar refractivity (Wildman–Crippen MR) is 70.2 cm³/mol. The first-order chi connectivity index (χ1) is 8.28. The lowest BCUT2D eigenvalue weighted by molar-refractivity contribution is -0.147. The summed E-state index contributed by atoms with van der Waals surface area (Å²) in [5.74, 6) is -0.194. The van der Waals surface area contributed by atoms with Crippen LogP contribution in [0.15, 0.2) is 24.3 Å². The molecule has 1 aromatic rings. The molecule has 0 aliphatic rings. The molecular weight excluding hydrogens is 230 g/mol. The summed E-state index contributed by atoms with van der Waals surface area (Å²) in [6.07, 6.45) is 0.406. The molecule has 0 heterocycles. The van der Waals surface area contributed by atoms with Gasteiger partial charge in [-0.15, -0.1) is 0 Å². The van der Waals surface area contributed by atoms with Crippen LogP contribution in [-0.2, 0) is 16.0 Å². The molecule has 0 saturated carbocycles. The van der Waals surface area contributed by atoms with Crippen LogP contribution in [0.5, 0.6) is 5.75 Å². The van der Waals surface area contributed by atoms with E-state index in [1.165, 1.54) is 0 Å². The summed E-state index contributed by atoms with van der Waals surface area (Å²) in [5, 5.41) is 9.15. The number of nitrogens with two attached hydrogens (primary N) is 1. The van der Waals surface area contributed by atoms with Crippen molar-refractivity contribution in [3.8, 4) is 5.75 Å². The van der Waals surface area contributed by atoms with Crippen molar-refractivity contribution in [3.05, 3.63) is 29.8 Å². The van der Waals surface area contributed by atoms with Gasteiger partial charge in [0.1, 0.15) is 11.8 Å². The number of rotatable bonds is 4. The summed E-state index contributed by atoms with van der Waals surface area (Å²) >= 11 is 0. The highest BCUT2D eigenvalue weighted by atomic mass is 16.5. The number of hydrogen-bond donors (Lipinski definition) is 2. The molecule has 1 rings (SSSR count). The van der Waals surface area contributed by atoms with E-state index in [4.69, 9.17) is 15.6 Å². The minimum atomic E-state index is -0.670. The Labute approximate surface area is 108 Å². The molecule has 1 aromatic carbocycles. The maximum absolute atomic E-state index is 11.7. The fraction of sp³-hybridized carbons (Fsp3) is 0.500. The van der Waals surface area contributed by atoms with Gasteiger partial charge in [-0.3, -0.25) is 4.79 Å². The van der Waals surface area contributed by atoms with Gasteiger partial charge >= 0.3 is 5.97 Å². The third-order valence-corrected chi connectivity index (χ3v) is 2.34. The summed E-state index contributed by atoms with van der Waals surface area (Å²) in [5.41, 5.74) is 6.61. The fourth-order valence-corrected chi connectivity index (χ4v) is 1.36. The second-order valence-corrected chi connectivity index (χ2v) is 5.65. The van der Waals surface area contributed by atoms with Crippen molar-refractivity contribution < 1.29 is 14.6 Å². The number of hydrogen-bond acceptors (Lipinski definition) is 4. The summed E-state index contributed by atoms with van der Waals surface area (Å²) in [6.45, 7) is 6.33. The smallest absolute Gasteiger partial charge is 0.323 e. The van der Waals surface area contributed by atoms with Crippen LogP contribution in [0.4, 0.5) is 0 Å². The minimum Gasteiger partial charge on any atom is -0.508 e. The highest BCUT2D eigenvalue weighted by molar-refractivity contribution is 5.75. The van der Waals surface area contributed by atoms with E-state index in [0.717, 1.165) is 5.56 Å². The molecule has 0 bridgehead atoms. The quantitative estimate of drug-likeness (QED) is 0.801. The molecule has 0 fully saturated rings. The Bertz CT molecular complexity index is 392. The molecule has 0 aromatic heterocycles. The molecule has 0 amide bonds. The first kappa shape index (κ1) is 14.5. The number of phenols is 1. The highest BCUT2D eigenvalue weighted by Gasteiger charge is 2.19. The van der Waals surface area contributed by atoms with Gasteiger partial charge in [0.05, 0.1) is 6.61 Å². The first-order valence-corrected chi connectivity index (χ1v) is 5.98. The Balaban J connectivity index is 2.47. The van der Waals surface area contributed by atoms with Crippen molar-refractivity contribution in [1.29, 1.82) is 0 Å². The van der Waals surface area contributed by atoms with Crippen LogP contribution >= 0.6 is 0 Å². The summed E-state index contributed by atoms with van der Waals surface area (Å²) in [6, 6.07) is 5.96. The molecule has 1 atom stereocenters. The van der Waals surface area contributed by atoms with Crippen molar-refractivity contribution in [1.82, 2.24) is 0 Å². The van der Waals surface area contributed by atoms with Gasteiger partial charge in [0.25, 0.3) is 0 Å². The van der Waals surface area contributed by atoms with Gasteiger partial charge in [-0.25, -0.2) is 0 Å². The van der Waals surface area contributed by atoms with E-state index < -0.39 is 12.0 Å². The molecule has 4 nitrogen and oxygen atoms in total. The monoisotopic (exact) mass is 251 g/mol. The molecule has 0 spiro atoms. The average molecular weight is 251 g/mol. The van der Waals surface area contributed by atoms with Crippen molar-refractivity contribution in [3.63, 3.8) is 0 Å². The van der Waals surface area contributed by atoms with Crippen LogP contribution in [0.3, 0.4) is 0 Å². The molecule has 0 aliphatic heterocycles. The van der Waals surface area contributed by atoms with Gasteiger partial charge in [-0.2, -0.15) is 0 Å². The molecule has 3 N–H and O–H groups in total. The number of carbonyl (C=O) groups is 1. The molecule has 0 radical (unpaired) electrons. The Morgan fingerprint density at radius 1 is 1.33 bits per heavy atom. The number of aromatic hydroxyl groups is 1. The second-order valence-electron chi connectivity index (χ2n) is 5.65. The van der Waals surface area contributed by atoms with E-state index in [-0.39, 0.29) is 11.2 Å². The lowest BCUT2D eigenvalue weighted by atomic mass is 9.98. The standard InChI is InChI=1S/C14H21NO3/c1-14(2,3)9-18-13(17)12(15)8-10-4-6-11(16)7-5-10/h4-7,12,16H,8-9,15H2,1-3H3. The lowest BCUT2D eigenvalue weighted by Crippen LogP contribution is -2.36. The molecule has 4 heteroatoms. The SMILES string of the molecule is CC(C)(C)COC(=O)C(N)Cc1ccc(O)cc1. The number of carbonyl (C=O) groups excluding carboxylic acids is 1. The first-order valence-electron chi connectivity index (χ1n) is 5.98. The third kappa shape index (κ3) is 5.19. The van der Waals surface area contributed by atoms with Crippen LogP contribution in [-0.4, -0.2) is 23.7 Å². The van der Waals surface area contributed by atoms with Crippen LogP contribution in [0.1, 0.15) is 26.3 Å². The number of benzene rings is 1. The summed E-state index contributed by atoms with van der Waals surface area (Å²) in [7, 11) is 0. The Kier molecular flexibility index (Phi) is 4.73. The highest BCUT2D eigenvalue weighted by Crippen LogP contribution is 2.14. The largest absolute Gasteiger partial charge is 0.508 e. The Morgan fingerprint density at radius 3 is 2.39 bits per heavy atom. The zero-order valence-electron chi connectivity index (χ0n) is 11.1. The van der Waals surface area contributed by atoms with Crippen molar-refractivity contribution in [2.24, 2.45) is 11.1 Å². The molecule has 1 unspecified atom stereocenters. The van der Waals surface area contributed by atoms with Gasteiger partial charge < -0.3 is 15.6 Å². The summed E-state index contributed by atoms with van der Waals surface area (Å²) in [4.78, 5) is 11.7. The van der Waals surface area contributed by atoms with E-state index >= 15 is 0 Å². The number of esters is 1. The van der Waals surface area contributed by atoms with Gasteiger partial charge in [-0.05, 0) is 29.5 Å². The van der Waals surface area contributed by atoms with Gasteiger partial charge in [0, 0.05) is 0 Å². The topological polar surface area (TPSA) is 72.5 Å². The normalized spacial score (nSPS) is 13.1. The Morgan fingerprint density at radius 2 is 1.89 bits per heavy atom. The molecule has 18 heavy (non-hydrogen) atoms. The number of phenolic OH excluding ortho intramolecular Hbond substituents is 1. The van der Waals surface area contributed by atoms with Crippen molar-refractivity contribution in [2.75, 3.05) is 6.61 Å². The van der Waals surface area contributed by atoms with Crippen LogP contribution in [0.25, 0.3) is 0 Å². The minimum absolute atomic E-state index is 0.0616. The van der Waals surface area contributed by atoms with Gasteiger partial charge in [0.2, 0.25) is 0 Å². The third-order valence-electron chi connectivity index (χ3n) is 2.34. The second kappa shape index (κ2) is 5.87. The lowest BCUT2D eigenvalue weighted by Gasteiger charge is -2.19. The predicted octanol–water partition coefficient (Wildman–Crippen LogP) is 1.85. The van der Waals surface area contributed by atoms with E-state index in [1.807, 2.05) is 20.8 Å².